The molecule has 1 amide bonds. The molecular weight excluding hydrogens is 420 g/mol. The number of anilines is 1. The van der Waals surface area contributed by atoms with E-state index in [0.717, 1.165) is 24.8 Å². The van der Waals surface area contributed by atoms with E-state index < -0.39 is 10.0 Å². The highest BCUT2D eigenvalue weighted by Gasteiger charge is 2.22. The van der Waals surface area contributed by atoms with E-state index in [-0.39, 0.29) is 27.6 Å². The van der Waals surface area contributed by atoms with Crippen molar-refractivity contribution in [3.63, 3.8) is 0 Å². The van der Waals surface area contributed by atoms with E-state index in [2.05, 4.69) is 16.1 Å². The lowest BCUT2D eigenvalue weighted by Gasteiger charge is -2.26. The molecule has 30 heavy (non-hydrogen) atoms. The lowest BCUT2D eigenvalue weighted by atomic mass is 9.87. The lowest BCUT2D eigenvalue weighted by molar-refractivity contribution is 0.0933. The topological polar surface area (TPSA) is 75.3 Å². The second kappa shape index (κ2) is 8.50. The number of benzene rings is 3. The highest BCUT2D eigenvalue weighted by Crippen LogP contribution is 2.30. The first kappa shape index (κ1) is 20.4. The van der Waals surface area contributed by atoms with Gasteiger partial charge in [-0.3, -0.25) is 9.52 Å². The van der Waals surface area contributed by atoms with Gasteiger partial charge in [0, 0.05) is 5.56 Å². The predicted molar refractivity (Wildman–Crippen MR) is 118 cm³/mol. The average Bonchev–Trinajstić information content (AvgIpc) is 2.76. The minimum Gasteiger partial charge on any atom is -0.345 e. The number of sulfonamides is 1. The van der Waals surface area contributed by atoms with Gasteiger partial charge in [-0.25, -0.2) is 8.42 Å². The van der Waals surface area contributed by atoms with Gasteiger partial charge in [0.1, 0.15) is 0 Å². The number of nitrogens with one attached hydrogen (secondary N) is 2. The molecule has 0 aromatic heterocycles. The highest BCUT2D eigenvalue weighted by atomic mass is 35.5. The maximum atomic E-state index is 12.8. The fraction of sp³-hybridized carbons (Fsp3) is 0.174. The van der Waals surface area contributed by atoms with E-state index in [0.29, 0.717) is 5.56 Å². The zero-order valence-electron chi connectivity index (χ0n) is 16.1. The van der Waals surface area contributed by atoms with Crippen LogP contribution in [0.15, 0.2) is 77.7 Å². The van der Waals surface area contributed by atoms with Gasteiger partial charge in [0.2, 0.25) is 0 Å². The summed E-state index contributed by atoms with van der Waals surface area (Å²) in [6.45, 7) is 0. The number of carbonyl (C=O) groups excluding carboxylic acids is 1. The van der Waals surface area contributed by atoms with E-state index in [4.69, 9.17) is 11.6 Å². The summed E-state index contributed by atoms with van der Waals surface area (Å²) in [5.41, 5.74) is 3.01. The second-order valence-corrected chi connectivity index (χ2v) is 9.32. The number of hydrogen-bond donors (Lipinski definition) is 2. The first-order valence-corrected chi connectivity index (χ1v) is 11.6. The molecule has 0 bridgehead atoms. The normalized spacial score (nSPS) is 15.8. The van der Waals surface area contributed by atoms with Crippen LogP contribution in [0.4, 0.5) is 5.69 Å². The first-order valence-electron chi connectivity index (χ1n) is 9.70. The Labute approximate surface area is 181 Å². The van der Waals surface area contributed by atoms with Crippen molar-refractivity contribution >= 4 is 33.2 Å². The Balaban J connectivity index is 1.50. The van der Waals surface area contributed by atoms with Gasteiger partial charge in [-0.2, -0.15) is 0 Å². The molecule has 0 spiro atoms. The van der Waals surface area contributed by atoms with Crippen LogP contribution in [0.1, 0.15) is 40.4 Å². The van der Waals surface area contributed by atoms with Crippen molar-refractivity contribution in [1.29, 1.82) is 0 Å². The van der Waals surface area contributed by atoms with Crippen LogP contribution in [0.25, 0.3) is 0 Å². The molecule has 5 nitrogen and oxygen atoms in total. The molecule has 1 aliphatic carbocycles. The van der Waals surface area contributed by atoms with Crippen molar-refractivity contribution < 1.29 is 13.2 Å². The summed E-state index contributed by atoms with van der Waals surface area (Å²) in [5.74, 6) is -0.240. The van der Waals surface area contributed by atoms with Crippen molar-refractivity contribution in [3.05, 3.63) is 94.5 Å². The molecular formula is C23H21ClN2O3S. The van der Waals surface area contributed by atoms with Gasteiger partial charge < -0.3 is 5.32 Å². The molecule has 3 aromatic carbocycles. The molecule has 1 aliphatic rings. The Kier molecular flexibility index (Phi) is 5.79. The molecule has 0 heterocycles. The van der Waals surface area contributed by atoms with Gasteiger partial charge in [0.25, 0.3) is 15.9 Å². The molecule has 2 N–H and O–H groups in total. The van der Waals surface area contributed by atoms with E-state index in [1.807, 2.05) is 18.2 Å². The van der Waals surface area contributed by atoms with Crippen LogP contribution in [0.2, 0.25) is 5.02 Å². The Morgan fingerprint density at radius 2 is 1.70 bits per heavy atom. The summed E-state index contributed by atoms with van der Waals surface area (Å²) in [6, 6.07) is 20.7. The van der Waals surface area contributed by atoms with Gasteiger partial charge in [-0.1, -0.05) is 54.1 Å². The standard InChI is InChI=1S/C23H21ClN2O3S/c24-20-15-17(13-14-22(20)26-30(28,29)18-9-2-1-3-10-18)23(27)25-21-12-6-8-16-7-4-5-11-19(16)21/h1-5,7,9-11,13-15,21,26H,6,8,12H2,(H,25,27)/t21-/m0/s1. The highest BCUT2D eigenvalue weighted by molar-refractivity contribution is 7.92. The minimum absolute atomic E-state index is 0.0440. The van der Waals surface area contributed by atoms with E-state index in [9.17, 15) is 13.2 Å². The summed E-state index contributed by atoms with van der Waals surface area (Å²) >= 11 is 6.28. The quantitative estimate of drug-likeness (QED) is 0.589. The third kappa shape index (κ3) is 4.35. The number of hydrogen-bond acceptors (Lipinski definition) is 3. The van der Waals surface area contributed by atoms with Crippen LogP contribution in [0.3, 0.4) is 0 Å². The maximum absolute atomic E-state index is 12.8. The zero-order chi connectivity index (χ0) is 21.1. The van der Waals surface area contributed by atoms with Gasteiger partial charge >= 0.3 is 0 Å². The van der Waals surface area contributed by atoms with Crippen molar-refractivity contribution in [2.75, 3.05) is 4.72 Å². The number of halogens is 1. The fourth-order valence-electron chi connectivity index (χ4n) is 3.69. The van der Waals surface area contributed by atoms with Crippen LogP contribution < -0.4 is 10.0 Å². The molecule has 0 saturated heterocycles. The molecule has 1 atom stereocenters. The lowest BCUT2D eigenvalue weighted by Crippen LogP contribution is -2.31. The van der Waals surface area contributed by atoms with E-state index >= 15 is 0 Å². The summed E-state index contributed by atoms with van der Waals surface area (Å²) < 4.78 is 27.5. The number of aryl methyl sites for hydroxylation is 1. The van der Waals surface area contributed by atoms with Crippen molar-refractivity contribution in [2.45, 2.75) is 30.2 Å². The van der Waals surface area contributed by atoms with E-state index in [1.165, 1.54) is 29.8 Å². The Bertz CT molecular complexity index is 1180. The van der Waals surface area contributed by atoms with Crippen molar-refractivity contribution in [3.8, 4) is 0 Å². The van der Waals surface area contributed by atoms with Crippen molar-refractivity contribution in [1.82, 2.24) is 5.32 Å². The predicted octanol–water partition coefficient (Wildman–Crippen LogP) is 4.95. The number of rotatable bonds is 5. The molecule has 0 radical (unpaired) electrons. The van der Waals surface area contributed by atoms with Gasteiger partial charge in [0.15, 0.2) is 0 Å². The third-order valence-electron chi connectivity index (χ3n) is 5.20. The SMILES string of the molecule is O=C(N[C@H]1CCCc2ccccc21)c1ccc(NS(=O)(=O)c2ccccc2)c(Cl)c1. The second-order valence-electron chi connectivity index (χ2n) is 7.23. The van der Waals surface area contributed by atoms with E-state index in [1.54, 1.807) is 24.3 Å². The first-order chi connectivity index (χ1) is 14.4. The monoisotopic (exact) mass is 440 g/mol. The van der Waals surface area contributed by atoms with Gasteiger partial charge in [-0.15, -0.1) is 0 Å². The smallest absolute Gasteiger partial charge is 0.261 e. The molecule has 0 aliphatic heterocycles. The average molecular weight is 441 g/mol. The van der Waals surface area contributed by atoms with Crippen LogP contribution in [0, 0.1) is 0 Å². The zero-order valence-corrected chi connectivity index (χ0v) is 17.7. The Morgan fingerprint density at radius 3 is 2.47 bits per heavy atom. The van der Waals surface area contributed by atoms with Gasteiger partial charge in [-0.05, 0) is 60.7 Å². The van der Waals surface area contributed by atoms with Crippen LogP contribution >= 0.6 is 11.6 Å². The number of carbonyl (C=O) groups is 1. The van der Waals surface area contributed by atoms with Crippen LogP contribution in [-0.2, 0) is 16.4 Å². The number of amides is 1. The molecule has 0 fully saturated rings. The maximum Gasteiger partial charge on any atom is 0.261 e. The molecule has 0 unspecified atom stereocenters. The third-order valence-corrected chi connectivity index (χ3v) is 6.90. The Hall–Kier alpha value is -2.83. The number of fused-ring (bicyclic) bond motifs is 1. The molecule has 154 valence electrons. The Morgan fingerprint density at radius 1 is 0.967 bits per heavy atom. The summed E-state index contributed by atoms with van der Waals surface area (Å²) in [6.07, 6.45) is 2.92. The summed E-state index contributed by atoms with van der Waals surface area (Å²) in [4.78, 5) is 12.9. The summed E-state index contributed by atoms with van der Waals surface area (Å²) in [5, 5.41) is 3.23. The minimum atomic E-state index is -3.76. The van der Waals surface area contributed by atoms with Gasteiger partial charge in [0.05, 0.1) is 21.6 Å². The summed E-state index contributed by atoms with van der Waals surface area (Å²) in [7, 11) is -3.76. The van der Waals surface area contributed by atoms with Crippen LogP contribution in [0.5, 0.6) is 0 Å². The largest absolute Gasteiger partial charge is 0.345 e. The van der Waals surface area contributed by atoms with Crippen molar-refractivity contribution in [2.24, 2.45) is 0 Å². The molecule has 7 heteroatoms. The molecule has 3 aromatic rings. The van der Waals surface area contributed by atoms with Crippen LogP contribution in [-0.4, -0.2) is 14.3 Å². The molecule has 4 rings (SSSR count). The molecule has 0 saturated carbocycles. The fourth-order valence-corrected chi connectivity index (χ4v) is 5.07.